The highest BCUT2D eigenvalue weighted by molar-refractivity contribution is 6.62. The highest BCUT2D eigenvalue weighted by Crippen LogP contribution is 2.37. The van der Waals surface area contributed by atoms with Crippen molar-refractivity contribution in [1.29, 1.82) is 0 Å². The second-order valence-corrected chi connectivity index (χ2v) is 9.38. The van der Waals surface area contributed by atoms with E-state index in [1.165, 1.54) is 0 Å². The second kappa shape index (κ2) is 7.33. The van der Waals surface area contributed by atoms with Crippen LogP contribution in [0.5, 0.6) is 0 Å². The van der Waals surface area contributed by atoms with E-state index < -0.39 is 6.09 Å². The van der Waals surface area contributed by atoms with E-state index in [-0.39, 0.29) is 18.3 Å². The van der Waals surface area contributed by atoms with E-state index in [1.807, 2.05) is 12.1 Å². The fourth-order valence-corrected chi connectivity index (χ4v) is 4.22. The number of hydrogen-bond acceptors (Lipinski definition) is 4. The van der Waals surface area contributed by atoms with Gasteiger partial charge in [-0.15, -0.1) is 0 Å². The van der Waals surface area contributed by atoms with E-state index in [4.69, 9.17) is 19.5 Å². The van der Waals surface area contributed by atoms with E-state index in [9.17, 15) is 4.79 Å². The van der Waals surface area contributed by atoms with Crippen molar-refractivity contribution in [3.05, 3.63) is 24.4 Å². The summed E-state index contributed by atoms with van der Waals surface area (Å²) in [6.45, 7) is 8.79. The third-order valence-corrected chi connectivity index (χ3v) is 6.80. The smallest absolute Gasteiger partial charge is 0.465 e. The molecule has 7 nitrogen and oxygen atoms in total. The minimum atomic E-state index is -0.941. The SMILES string of the molecule is CC1(C)OB(c2ccc3nn(C4CCC(CNC(=O)O)CC4)cc3c2)OC1(C)C. The van der Waals surface area contributed by atoms with Gasteiger partial charge in [0, 0.05) is 18.1 Å². The normalized spacial score (nSPS) is 26.0. The van der Waals surface area contributed by atoms with Gasteiger partial charge in [0.2, 0.25) is 0 Å². The first-order chi connectivity index (χ1) is 13.6. The molecule has 0 atom stereocenters. The summed E-state index contributed by atoms with van der Waals surface area (Å²) in [4.78, 5) is 10.7. The molecule has 4 rings (SSSR count). The van der Waals surface area contributed by atoms with Crippen LogP contribution in [0.2, 0.25) is 0 Å². The lowest BCUT2D eigenvalue weighted by Gasteiger charge is -2.32. The van der Waals surface area contributed by atoms with Crippen molar-refractivity contribution in [3.8, 4) is 0 Å². The summed E-state index contributed by atoms with van der Waals surface area (Å²) in [5, 5.41) is 17.2. The maximum absolute atomic E-state index is 10.7. The van der Waals surface area contributed by atoms with Gasteiger partial charge in [0.1, 0.15) is 0 Å². The maximum Gasteiger partial charge on any atom is 0.494 e. The molecule has 1 aromatic heterocycles. The molecule has 29 heavy (non-hydrogen) atoms. The number of carboxylic acid groups (broad SMARTS) is 1. The average Bonchev–Trinajstić information content (AvgIpc) is 3.17. The summed E-state index contributed by atoms with van der Waals surface area (Å²) in [7, 11) is -0.370. The van der Waals surface area contributed by atoms with Crippen LogP contribution in [0, 0.1) is 5.92 Å². The monoisotopic (exact) mass is 399 g/mol. The number of rotatable bonds is 4. The summed E-state index contributed by atoms with van der Waals surface area (Å²) in [5.41, 5.74) is 1.27. The minimum absolute atomic E-state index is 0.356. The van der Waals surface area contributed by atoms with Crippen LogP contribution in [-0.4, -0.2) is 45.8 Å². The fourth-order valence-electron chi connectivity index (χ4n) is 4.22. The van der Waals surface area contributed by atoms with Crippen LogP contribution in [0.3, 0.4) is 0 Å². The molecule has 0 bridgehead atoms. The molecule has 0 unspecified atom stereocenters. The molecule has 1 saturated carbocycles. The lowest BCUT2D eigenvalue weighted by molar-refractivity contribution is 0.00578. The van der Waals surface area contributed by atoms with Crippen molar-refractivity contribution in [2.75, 3.05) is 6.54 Å². The Morgan fingerprint density at radius 1 is 1.21 bits per heavy atom. The van der Waals surface area contributed by atoms with Crippen molar-refractivity contribution in [2.45, 2.75) is 70.6 Å². The Bertz CT molecular complexity index is 886. The quantitative estimate of drug-likeness (QED) is 0.771. The number of nitrogens with one attached hydrogen (secondary N) is 1. The molecular formula is C21H30BN3O4. The summed E-state index contributed by atoms with van der Waals surface area (Å²) < 4.78 is 14.4. The first-order valence-electron chi connectivity index (χ1n) is 10.5. The third kappa shape index (κ3) is 4.01. The van der Waals surface area contributed by atoms with Gasteiger partial charge in [-0.25, -0.2) is 4.79 Å². The number of amides is 1. The van der Waals surface area contributed by atoms with E-state index >= 15 is 0 Å². The number of fused-ring (bicyclic) bond motifs is 1. The molecule has 156 valence electrons. The lowest BCUT2D eigenvalue weighted by atomic mass is 9.79. The molecule has 2 N–H and O–H groups in total. The molecule has 1 saturated heterocycles. The molecule has 2 aliphatic rings. The highest BCUT2D eigenvalue weighted by Gasteiger charge is 2.51. The van der Waals surface area contributed by atoms with E-state index in [0.717, 1.165) is 42.0 Å². The predicted molar refractivity (Wildman–Crippen MR) is 112 cm³/mol. The molecular weight excluding hydrogens is 369 g/mol. The van der Waals surface area contributed by atoms with Crippen molar-refractivity contribution in [3.63, 3.8) is 0 Å². The molecule has 1 aromatic carbocycles. The van der Waals surface area contributed by atoms with Crippen molar-refractivity contribution >= 4 is 29.6 Å². The molecule has 8 heteroatoms. The van der Waals surface area contributed by atoms with Crippen LogP contribution in [0.1, 0.15) is 59.4 Å². The Labute approximate surface area is 171 Å². The first-order valence-corrected chi connectivity index (χ1v) is 10.5. The summed E-state index contributed by atoms with van der Waals surface area (Å²) >= 11 is 0. The number of nitrogens with zero attached hydrogens (tertiary/aromatic N) is 2. The molecule has 1 aliphatic carbocycles. The van der Waals surface area contributed by atoms with Crippen LogP contribution in [0.4, 0.5) is 4.79 Å². The maximum atomic E-state index is 10.7. The fraction of sp³-hybridized carbons (Fsp3) is 0.619. The van der Waals surface area contributed by atoms with Crippen molar-refractivity contribution < 1.29 is 19.2 Å². The van der Waals surface area contributed by atoms with Crippen LogP contribution in [-0.2, 0) is 9.31 Å². The zero-order valence-corrected chi connectivity index (χ0v) is 17.6. The third-order valence-electron chi connectivity index (χ3n) is 6.80. The summed E-state index contributed by atoms with van der Waals surface area (Å²) in [6.07, 6.45) is 5.24. The van der Waals surface area contributed by atoms with Crippen molar-refractivity contribution in [2.24, 2.45) is 5.92 Å². The molecule has 1 aliphatic heterocycles. The molecule has 0 spiro atoms. The number of aromatic nitrogens is 2. The number of hydrogen-bond donors (Lipinski definition) is 2. The Hall–Kier alpha value is -2.06. The van der Waals surface area contributed by atoms with Gasteiger partial charge in [0.15, 0.2) is 0 Å². The molecule has 2 aromatic rings. The van der Waals surface area contributed by atoms with Gasteiger partial charge in [-0.1, -0.05) is 12.1 Å². The Kier molecular flexibility index (Phi) is 5.11. The van der Waals surface area contributed by atoms with Crippen molar-refractivity contribution in [1.82, 2.24) is 15.1 Å². The van der Waals surface area contributed by atoms with E-state index in [1.54, 1.807) is 0 Å². The van der Waals surface area contributed by atoms with E-state index in [2.05, 4.69) is 50.0 Å². The second-order valence-electron chi connectivity index (χ2n) is 9.38. The first kappa shape index (κ1) is 20.2. The van der Waals surface area contributed by atoms with Gasteiger partial charge in [-0.2, -0.15) is 5.10 Å². The van der Waals surface area contributed by atoms with Crippen LogP contribution in [0.25, 0.3) is 10.9 Å². The lowest BCUT2D eigenvalue weighted by Crippen LogP contribution is -2.41. The average molecular weight is 399 g/mol. The number of benzene rings is 1. The summed E-state index contributed by atoms with van der Waals surface area (Å²) in [6, 6.07) is 6.55. The largest absolute Gasteiger partial charge is 0.494 e. The Morgan fingerprint density at radius 2 is 1.86 bits per heavy atom. The Balaban J connectivity index is 1.45. The molecule has 1 amide bonds. The minimum Gasteiger partial charge on any atom is -0.465 e. The van der Waals surface area contributed by atoms with Crippen LogP contribution >= 0.6 is 0 Å². The number of carbonyl (C=O) groups is 1. The standard InChI is InChI=1S/C21H30BN3O4/c1-20(2)21(3,4)29-22(28-20)16-7-10-18-15(11-16)13-25(24-18)17-8-5-14(6-9-17)12-23-19(26)27/h7,10-11,13-14,17,23H,5-6,8-9,12H2,1-4H3,(H,26,27). The van der Waals surface area contributed by atoms with Gasteiger partial charge >= 0.3 is 13.2 Å². The highest BCUT2D eigenvalue weighted by atomic mass is 16.7. The topological polar surface area (TPSA) is 85.6 Å². The van der Waals surface area contributed by atoms with Gasteiger partial charge in [-0.05, 0) is 70.8 Å². The van der Waals surface area contributed by atoms with E-state index in [0.29, 0.717) is 18.5 Å². The molecule has 2 heterocycles. The van der Waals surface area contributed by atoms with Gasteiger partial charge in [0.25, 0.3) is 0 Å². The zero-order valence-electron chi connectivity index (χ0n) is 17.6. The predicted octanol–water partition coefficient (Wildman–Crippen LogP) is 3.33. The molecule has 0 radical (unpaired) electrons. The molecule has 2 fully saturated rings. The summed E-state index contributed by atoms with van der Waals surface area (Å²) in [5.74, 6) is 0.419. The van der Waals surface area contributed by atoms with Crippen LogP contribution in [0.15, 0.2) is 24.4 Å². The zero-order chi connectivity index (χ0) is 20.8. The van der Waals surface area contributed by atoms with Crippen LogP contribution < -0.4 is 10.8 Å². The Morgan fingerprint density at radius 3 is 2.48 bits per heavy atom. The van der Waals surface area contributed by atoms with Gasteiger partial charge in [-0.3, -0.25) is 4.68 Å². The van der Waals surface area contributed by atoms with Gasteiger partial charge < -0.3 is 19.7 Å². The van der Waals surface area contributed by atoms with Gasteiger partial charge in [0.05, 0.1) is 22.8 Å².